The van der Waals surface area contributed by atoms with E-state index < -0.39 is 24.2 Å². The lowest BCUT2D eigenvalue weighted by molar-refractivity contribution is -0.151. The third kappa shape index (κ3) is 22.2. The molecule has 9 atom stereocenters. The number of hydrogen-bond donors (Lipinski definition) is 0. The van der Waals surface area contributed by atoms with Gasteiger partial charge in [-0.05, 0) is 136 Å². The number of hydrogen-bond acceptors (Lipinski definition) is 8. The Bertz CT molecular complexity index is 1750. The first kappa shape index (κ1) is 69.0. The smallest absolute Gasteiger partial charge is 0.409 e. The molecule has 0 aliphatic heterocycles. The zero-order valence-corrected chi connectivity index (χ0v) is 52.8. The van der Waals surface area contributed by atoms with E-state index >= 15 is 0 Å². The van der Waals surface area contributed by atoms with Crippen LogP contribution in [-0.4, -0.2) is 139 Å². The molecule has 0 aromatic heterocycles. The van der Waals surface area contributed by atoms with E-state index in [1.807, 2.05) is 0 Å². The topological polar surface area (TPSA) is 115 Å². The van der Waals surface area contributed by atoms with Gasteiger partial charge in [-0.1, -0.05) is 103 Å². The van der Waals surface area contributed by atoms with Crippen LogP contribution < -0.4 is 0 Å². The average molecular weight is 1220 g/mol. The highest BCUT2D eigenvalue weighted by atomic mass is 35.5. The number of unbranched alkanes of at least 4 members (excludes halogenated alkanes) is 11. The van der Waals surface area contributed by atoms with Crippen LogP contribution in [0.1, 0.15) is 182 Å². The molecule has 0 heterocycles. The number of esters is 1. The van der Waals surface area contributed by atoms with Crippen LogP contribution in [0.5, 0.6) is 0 Å². The summed E-state index contributed by atoms with van der Waals surface area (Å²) >= 11 is 36.3. The van der Waals surface area contributed by atoms with Crippen LogP contribution >= 0.6 is 69.6 Å². The summed E-state index contributed by atoms with van der Waals surface area (Å²) in [5.41, 5.74) is 1.77. The number of fused-ring (bicyclic) bond motifs is 5. The van der Waals surface area contributed by atoms with Gasteiger partial charge in [0.15, 0.2) is 0 Å². The molecule has 4 aliphatic carbocycles. The predicted molar refractivity (Wildman–Crippen MR) is 323 cm³/mol. The standard InChI is InChI=1S/C61H101Cl6N3O8/c1-5-6-7-8-9-10-11-12-13-14-15-16-17-18-19-20-56(71)78-51-25-27-60(3)50(43-51)21-22-52-54-24-23-53(61(54,4)28-26-55(52)60)47(2)41-48(44-75-57(72)68(35-29-62)36-30-63)42-49(45-76-58(73)69(37-31-64)38-32-65)46-77-59(74)70(39-33-66)40-34-67/h12-13,21,47-49,51-55H,5-11,14-20,22-46H2,1-4H3/b13-12-/t47-,48?,51+,52+,53-,54+,55+,60+,61-/m1/s1. The Kier molecular flexibility index (Phi) is 33.9. The number of carbonyl (C=O) groups excluding carboxylic acids is 4. The highest BCUT2D eigenvalue weighted by molar-refractivity contribution is 6.19. The molecular formula is C61H101Cl6N3O8. The molecule has 4 aliphatic rings. The van der Waals surface area contributed by atoms with Gasteiger partial charge < -0.3 is 33.6 Å². The first-order valence-electron chi connectivity index (χ1n) is 30.4. The van der Waals surface area contributed by atoms with E-state index in [4.69, 9.17) is 88.6 Å². The molecule has 0 saturated heterocycles. The average Bonchev–Trinajstić information content (AvgIpc) is 3.98. The second-order valence-corrected chi connectivity index (χ2v) is 26.0. The minimum Gasteiger partial charge on any atom is -0.462 e. The number of alkyl halides is 6. The zero-order chi connectivity index (χ0) is 56.8. The fourth-order valence-corrected chi connectivity index (χ4v) is 15.4. The number of amides is 3. The molecule has 78 heavy (non-hydrogen) atoms. The Hall–Kier alpha value is -1.50. The SMILES string of the molecule is CCCCCCCC/C=C\CCCCCCCC(=O)O[C@H]1CC[C@@]2(C)C(=CC[C@H]3[C@@H]4CC[C@H]([C@H](C)CC(COC(=O)N(CCCl)CCCl)CC(COC(=O)N(CCCl)CCCl)COC(=O)N(CCCl)CCCl)[C@@]4(C)CC[C@@H]32)C1. The number of halogens is 6. The largest absolute Gasteiger partial charge is 0.462 e. The monoisotopic (exact) mass is 1210 g/mol. The van der Waals surface area contributed by atoms with Crippen LogP contribution in [0.3, 0.4) is 0 Å². The highest BCUT2D eigenvalue weighted by Crippen LogP contribution is 2.67. The molecule has 0 N–H and O–H groups in total. The van der Waals surface area contributed by atoms with Crippen LogP contribution in [0.15, 0.2) is 23.8 Å². The molecule has 3 saturated carbocycles. The van der Waals surface area contributed by atoms with Crippen molar-refractivity contribution in [3.8, 4) is 0 Å². The van der Waals surface area contributed by atoms with Crippen molar-refractivity contribution in [1.29, 1.82) is 0 Å². The molecule has 450 valence electrons. The van der Waals surface area contributed by atoms with Gasteiger partial charge in [-0.3, -0.25) is 4.79 Å². The Morgan fingerprint density at radius 2 is 1.09 bits per heavy atom. The van der Waals surface area contributed by atoms with Gasteiger partial charge >= 0.3 is 24.2 Å². The molecule has 3 fully saturated rings. The zero-order valence-electron chi connectivity index (χ0n) is 48.3. The maximum Gasteiger partial charge on any atom is 0.409 e. The molecular weight excluding hydrogens is 1120 g/mol. The molecule has 17 heteroatoms. The highest BCUT2D eigenvalue weighted by Gasteiger charge is 2.59. The Morgan fingerprint density at radius 3 is 1.60 bits per heavy atom. The van der Waals surface area contributed by atoms with E-state index in [0.717, 1.165) is 64.2 Å². The molecule has 3 amide bonds. The van der Waals surface area contributed by atoms with Gasteiger partial charge in [-0.25, -0.2) is 14.4 Å². The molecule has 0 bridgehead atoms. The number of allylic oxidation sites excluding steroid dienone is 3. The summed E-state index contributed by atoms with van der Waals surface area (Å²) in [5, 5.41) is 0. The summed E-state index contributed by atoms with van der Waals surface area (Å²) in [5.74, 6) is 3.28. The van der Waals surface area contributed by atoms with Crippen molar-refractivity contribution in [3.05, 3.63) is 23.8 Å². The van der Waals surface area contributed by atoms with E-state index in [1.54, 1.807) is 0 Å². The van der Waals surface area contributed by atoms with Crippen LogP contribution in [-0.2, 0) is 23.7 Å². The summed E-state index contributed by atoms with van der Waals surface area (Å²) in [6, 6.07) is 0. The van der Waals surface area contributed by atoms with E-state index in [1.165, 1.54) is 97.3 Å². The number of nitrogens with zero attached hydrogens (tertiary/aromatic N) is 3. The third-order valence-corrected chi connectivity index (χ3v) is 19.4. The van der Waals surface area contributed by atoms with Gasteiger partial charge in [0.1, 0.15) is 6.10 Å². The lowest BCUT2D eigenvalue weighted by Gasteiger charge is -2.58. The van der Waals surface area contributed by atoms with Crippen molar-refractivity contribution in [3.63, 3.8) is 0 Å². The van der Waals surface area contributed by atoms with E-state index in [0.29, 0.717) is 49.6 Å². The van der Waals surface area contributed by atoms with Gasteiger partial charge in [-0.15, -0.1) is 69.6 Å². The van der Waals surface area contributed by atoms with Crippen molar-refractivity contribution in [2.45, 2.75) is 188 Å². The molecule has 4 rings (SSSR count). The van der Waals surface area contributed by atoms with Crippen molar-refractivity contribution in [2.24, 2.45) is 52.3 Å². The van der Waals surface area contributed by atoms with Gasteiger partial charge in [0.05, 0.1) is 19.8 Å². The first-order chi connectivity index (χ1) is 37.7. The fourth-order valence-electron chi connectivity index (χ4n) is 14.2. The Morgan fingerprint density at radius 1 is 0.603 bits per heavy atom. The Labute approximate surface area is 501 Å². The van der Waals surface area contributed by atoms with E-state index in [9.17, 15) is 19.2 Å². The summed E-state index contributed by atoms with van der Waals surface area (Å²) in [6.45, 7) is 11.4. The van der Waals surface area contributed by atoms with Crippen molar-refractivity contribution < 1.29 is 38.1 Å². The van der Waals surface area contributed by atoms with Crippen LogP contribution in [0.25, 0.3) is 0 Å². The van der Waals surface area contributed by atoms with E-state index in [2.05, 4.69) is 45.9 Å². The maximum atomic E-state index is 13.5. The summed E-state index contributed by atoms with van der Waals surface area (Å²) in [7, 11) is 0. The minimum absolute atomic E-state index is 0.0281. The fraction of sp³-hybridized carbons (Fsp3) is 0.869. The maximum absolute atomic E-state index is 13.5. The number of ether oxygens (including phenoxy) is 4. The number of rotatable bonds is 39. The summed E-state index contributed by atoms with van der Waals surface area (Å²) < 4.78 is 24.1. The van der Waals surface area contributed by atoms with E-state index in [-0.39, 0.29) is 116 Å². The van der Waals surface area contributed by atoms with Crippen LogP contribution in [0.2, 0.25) is 0 Å². The lowest BCUT2D eigenvalue weighted by atomic mass is 9.47. The second kappa shape index (κ2) is 38.4. The quantitative estimate of drug-likeness (QED) is 0.0197. The van der Waals surface area contributed by atoms with Crippen LogP contribution in [0.4, 0.5) is 14.4 Å². The summed E-state index contributed by atoms with van der Waals surface area (Å²) in [4.78, 5) is 57.8. The summed E-state index contributed by atoms with van der Waals surface area (Å²) in [6.07, 6.45) is 32.1. The number of carbonyl (C=O) groups is 4. The van der Waals surface area contributed by atoms with Crippen molar-refractivity contribution in [2.75, 3.05) is 94.4 Å². The molecule has 0 aromatic carbocycles. The molecule has 1 unspecified atom stereocenters. The van der Waals surface area contributed by atoms with Gasteiger partial charge in [-0.2, -0.15) is 0 Å². The van der Waals surface area contributed by atoms with Crippen LogP contribution in [0, 0.1) is 52.3 Å². The second-order valence-electron chi connectivity index (χ2n) is 23.7. The normalized spacial score (nSPS) is 24.4. The Balaban J connectivity index is 1.38. The molecule has 11 nitrogen and oxygen atoms in total. The molecule has 0 radical (unpaired) electrons. The van der Waals surface area contributed by atoms with Gasteiger partial charge in [0.2, 0.25) is 0 Å². The first-order valence-corrected chi connectivity index (χ1v) is 33.6. The van der Waals surface area contributed by atoms with Crippen molar-refractivity contribution in [1.82, 2.24) is 14.7 Å². The predicted octanol–water partition coefficient (Wildman–Crippen LogP) is 16.9. The molecule has 0 spiro atoms. The van der Waals surface area contributed by atoms with Gasteiger partial charge in [0, 0.05) is 93.3 Å². The van der Waals surface area contributed by atoms with Gasteiger partial charge in [0.25, 0.3) is 0 Å². The minimum atomic E-state index is -0.553. The van der Waals surface area contributed by atoms with Crippen molar-refractivity contribution >= 4 is 93.9 Å². The third-order valence-electron chi connectivity index (χ3n) is 18.4. The lowest BCUT2D eigenvalue weighted by Crippen LogP contribution is -2.51. The molecule has 0 aromatic rings.